The first-order valence-corrected chi connectivity index (χ1v) is 7.14. The van der Waals surface area contributed by atoms with Gasteiger partial charge in [0.25, 0.3) is 0 Å². The Morgan fingerprint density at radius 2 is 2.17 bits per heavy atom. The van der Waals surface area contributed by atoms with Gasteiger partial charge >= 0.3 is 0 Å². The van der Waals surface area contributed by atoms with E-state index >= 15 is 0 Å². The van der Waals surface area contributed by atoms with Crippen molar-refractivity contribution in [2.24, 2.45) is 17.6 Å². The Balaban J connectivity index is 2.30. The summed E-state index contributed by atoms with van der Waals surface area (Å²) >= 11 is 0. The number of hydrogen-bond acceptors (Lipinski definition) is 3. The summed E-state index contributed by atoms with van der Waals surface area (Å²) in [7, 11) is 0. The van der Waals surface area contributed by atoms with Crippen LogP contribution in [0.5, 0.6) is 0 Å². The van der Waals surface area contributed by atoms with Crippen LogP contribution in [0.25, 0.3) is 0 Å². The van der Waals surface area contributed by atoms with Crippen molar-refractivity contribution >= 4 is 5.91 Å². The monoisotopic (exact) mass is 256 g/mol. The number of carbonyl (C=O) groups is 1. The van der Waals surface area contributed by atoms with Crippen molar-refractivity contribution in [2.75, 3.05) is 13.2 Å². The molecule has 1 fully saturated rings. The Labute approximate surface area is 111 Å². The van der Waals surface area contributed by atoms with Gasteiger partial charge in [0.2, 0.25) is 5.91 Å². The fraction of sp³-hybridized carbons (Fsp3) is 0.929. The van der Waals surface area contributed by atoms with E-state index in [0.717, 1.165) is 25.9 Å². The molecular formula is C14H28N2O2. The van der Waals surface area contributed by atoms with Crippen molar-refractivity contribution < 1.29 is 9.53 Å². The van der Waals surface area contributed by atoms with Gasteiger partial charge in [-0.3, -0.25) is 4.79 Å². The van der Waals surface area contributed by atoms with Crippen LogP contribution in [0.3, 0.4) is 0 Å². The summed E-state index contributed by atoms with van der Waals surface area (Å²) in [6.45, 7) is 7.75. The largest absolute Gasteiger partial charge is 0.376 e. The van der Waals surface area contributed by atoms with Gasteiger partial charge in [0, 0.05) is 13.0 Å². The predicted molar refractivity (Wildman–Crippen MR) is 73.2 cm³/mol. The van der Waals surface area contributed by atoms with Gasteiger partial charge < -0.3 is 15.8 Å². The summed E-state index contributed by atoms with van der Waals surface area (Å²) in [4.78, 5) is 11.9. The number of amides is 1. The molecule has 4 nitrogen and oxygen atoms in total. The lowest BCUT2D eigenvalue weighted by molar-refractivity contribution is -0.123. The van der Waals surface area contributed by atoms with Gasteiger partial charge in [0.1, 0.15) is 0 Å². The quantitative estimate of drug-likeness (QED) is 0.728. The molecule has 18 heavy (non-hydrogen) atoms. The van der Waals surface area contributed by atoms with Gasteiger partial charge in [0.05, 0.1) is 12.1 Å². The first-order chi connectivity index (χ1) is 8.52. The second-order valence-electron chi connectivity index (χ2n) is 5.84. The molecular weight excluding hydrogens is 228 g/mol. The predicted octanol–water partition coefficient (Wildman–Crippen LogP) is 1.68. The molecule has 0 aliphatic carbocycles. The lowest BCUT2D eigenvalue weighted by Gasteiger charge is -2.22. The second-order valence-corrected chi connectivity index (χ2v) is 5.84. The van der Waals surface area contributed by atoms with Crippen LogP contribution < -0.4 is 11.1 Å². The fourth-order valence-electron chi connectivity index (χ4n) is 2.59. The summed E-state index contributed by atoms with van der Waals surface area (Å²) in [5.41, 5.74) is 5.72. The van der Waals surface area contributed by atoms with Crippen molar-refractivity contribution in [1.29, 1.82) is 0 Å². The molecule has 0 saturated carbocycles. The van der Waals surface area contributed by atoms with Crippen LogP contribution in [0.15, 0.2) is 0 Å². The van der Waals surface area contributed by atoms with Gasteiger partial charge in [0.15, 0.2) is 0 Å². The van der Waals surface area contributed by atoms with Crippen molar-refractivity contribution in [3.63, 3.8) is 0 Å². The molecule has 1 saturated heterocycles. The highest BCUT2D eigenvalue weighted by atomic mass is 16.5. The number of nitrogens with two attached hydrogens (primary N) is 1. The highest BCUT2D eigenvalue weighted by Gasteiger charge is 2.24. The average Bonchev–Trinajstić information content (AvgIpc) is 2.80. The summed E-state index contributed by atoms with van der Waals surface area (Å²) in [6.07, 6.45) is 3.89. The third kappa shape index (κ3) is 5.36. The van der Waals surface area contributed by atoms with E-state index in [0.29, 0.717) is 24.8 Å². The Morgan fingerprint density at radius 3 is 2.67 bits per heavy atom. The Kier molecular flexibility index (Phi) is 6.65. The first-order valence-electron chi connectivity index (χ1n) is 7.14. The van der Waals surface area contributed by atoms with Crippen LogP contribution in [0.2, 0.25) is 0 Å². The molecule has 0 spiro atoms. The molecule has 1 aliphatic rings. The van der Waals surface area contributed by atoms with Crippen LogP contribution in [0.4, 0.5) is 0 Å². The maximum Gasteiger partial charge on any atom is 0.220 e. The highest BCUT2D eigenvalue weighted by molar-refractivity contribution is 5.76. The SMILES string of the molecule is CC(C)CC(CN)CC(=O)NC(C)C1CCCO1. The van der Waals surface area contributed by atoms with Gasteiger partial charge in [-0.1, -0.05) is 13.8 Å². The molecule has 0 bridgehead atoms. The molecule has 1 amide bonds. The van der Waals surface area contributed by atoms with Crippen LogP contribution >= 0.6 is 0 Å². The summed E-state index contributed by atoms with van der Waals surface area (Å²) < 4.78 is 5.57. The summed E-state index contributed by atoms with van der Waals surface area (Å²) in [5, 5.41) is 3.04. The maximum atomic E-state index is 11.9. The molecule has 0 aromatic carbocycles. The van der Waals surface area contributed by atoms with Crippen molar-refractivity contribution in [2.45, 2.75) is 58.6 Å². The van der Waals surface area contributed by atoms with Gasteiger partial charge in [-0.05, 0) is 44.6 Å². The minimum Gasteiger partial charge on any atom is -0.376 e. The van der Waals surface area contributed by atoms with E-state index in [-0.39, 0.29) is 18.1 Å². The molecule has 4 heteroatoms. The Morgan fingerprint density at radius 1 is 1.44 bits per heavy atom. The van der Waals surface area contributed by atoms with E-state index < -0.39 is 0 Å². The van der Waals surface area contributed by atoms with E-state index in [1.54, 1.807) is 0 Å². The number of hydrogen-bond donors (Lipinski definition) is 2. The minimum absolute atomic E-state index is 0.106. The van der Waals surface area contributed by atoms with Crippen LogP contribution in [-0.2, 0) is 9.53 Å². The number of ether oxygens (including phenoxy) is 1. The minimum atomic E-state index is 0.106. The van der Waals surface area contributed by atoms with Gasteiger partial charge in [-0.25, -0.2) is 0 Å². The molecule has 3 atom stereocenters. The standard InChI is InChI=1S/C14H28N2O2/c1-10(2)7-12(9-15)8-14(17)16-11(3)13-5-4-6-18-13/h10-13H,4-9,15H2,1-3H3,(H,16,17). The third-order valence-electron chi connectivity index (χ3n) is 3.52. The molecule has 3 unspecified atom stereocenters. The van der Waals surface area contributed by atoms with Crippen molar-refractivity contribution in [3.05, 3.63) is 0 Å². The number of rotatable bonds is 7. The molecule has 1 aliphatic heterocycles. The van der Waals surface area contributed by atoms with E-state index in [1.807, 2.05) is 6.92 Å². The molecule has 106 valence electrons. The number of carbonyl (C=O) groups excluding carboxylic acids is 1. The Hall–Kier alpha value is -0.610. The normalized spacial score (nSPS) is 23.1. The van der Waals surface area contributed by atoms with Crippen LogP contribution in [-0.4, -0.2) is 31.2 Å². The van der Waals surface area contributed by atoms with Crippen LogP contribution in [0, 0.1) is 11.8 Å². The van der Waals surface area contributed by atoms with Crippen LogP contribution in [0.1, 0.15) is 46.5 Å². The smallest absolute Gasteiger partial charge is 0.220 e. The maximum absolute atomic E-state index is 11.9. The van der Waals surface area contributed by atoms with Crippen molar-refractivity contribution in [1.82, 2.24) is 5.32 Å². The van der Waals surface area contributed by atoms with E-state index in [4.69, 9.17) is 10.5 Å². The summed E-state index contributed by atoms with van der Waals surface area (Å²) in [6, 6.07) is 0.109. The fourth-order valence-corrected chi connectivity index (χ4v) is 2.59. The lowest BCUT2D eigenvalue weighted by atomic mass is 9.94. The van der Waals surface area contributed by atoms with E-state index in [2.05, 4.69) is 19.2 Å². The molecule has 0 aromatic heterocycles. The second kappa shape index (κ2) is 7.74. The molecule has 0 aromatic rings. The highest BCUT2D eigenvalue weighted by Crippen LogP contribution is 2.17. The third-order valence-corrected chi connectivity index (χ3v) is 3.52. The summed E-state index contributed by atoms with van der Waals surface area (Å²) in [5.74, 6) is 0.984. The molecule has 0 radical (unpaired) electrons. The first kappa shape index (κ1) is 15.4. The zero-order valence-electron chi connectivity index (χ0n) is 11.9. The van der Waals surface area contributed by atoms with E-state index in [1.165, 1.54) is 0 Å². The van der Waals surface area contributed by atoms with Crippen molar-refractivity contribution in [3.8, 4) is 0 Å². The molecule has 1 heterocycles. The van der Waals surface area contributed by atoms with E-state index in [9.17, 15) is 4.79 Å². The zero-order chi connectivity index (χ0) is 13.5. The average molecular weight is 256 g/mol. The molecule has 3 N–H and O–H groups in total. The zero-order valence-corrected chi connectivity index (χ0v) is 11.9. The Bertz CT molecular complexity index is 244. The topological polar surface area (TPSA) is 64.4 Å². The molecule has 1 rings (SSSR count). The van der Waals surface area contributed by atoms with Gasteiger partial charge in [-0.15, -0.1) is 0 Å². The lowest BCUT2D eigenvalue weighted by Crippen LogP contribution is -2.41. The number of nitrogens with one attached hydrogen (secondary N) is 1. The van der Waals surface area contributed by atoms with Gasteiger partial charge in [-0.2, -0.15) is 0 Å².